The first-order valence-electron chi connectivity index (χ1n) is 7.49. The van der Waals surface area contributed by atoms with E-state index in [1.807, 2.05) is 13.8 Å². The molecular formula is C14H22N2O6S. The molecule has 23 heavy (non-hydrogen) atoms. The van der Waals surface area contributed by atoms with Gasteiger partial charge in [0.25, 0.3) is 0 Å². The predicted molar refractivity (Wildman–Crippen MR) is 81.1 cm³/mol. The third-order valence-corrected chi connectivity index (χ3v) is 7.35. The van der Waals surface area contributed by atoms with Gasteiger partial charge in [-0.2, -0.15) is 0 Å². The lowest BCUT2D eigenvalue weighted by Gasteiger charge is -2.37. The Kier molecular flexibility index (Phi) is 4.21. The number of carbonyl (C=O) groups is 3. The first-order chi connectivity index (χ1) is 10.4. The second kappa shape index (κ2) is 5.47. The van der Waals surface area contributed by atoms with Crippen molar-refractivity contribution in [2.24, 2.45) is 5.92 Å². The summed E-state index contributed by atoms with van der Waals surface area (Å²) in [5.74, 6) is -2.28. The predicted octanol–water partition coefficient (Wildman–Crippen LogP) is -0.264. The molecule has 2 aliphatic heterocycles. The van der Waals surface area contributed by atoms with Gasteiger partial charge in [-0.3, -0.25) is 9.59 Å². The zero-order valence-corrected chi connectivity index (χ0v) is 14.4. The van der Waals surface area contributed by atoms with Crippen molar-refractivity contribution in [2.75, 3.05) is 0 Å². The summed E-state index contributed by atoms with van der Waals surface area (Å²) < 4.78 is 23.4. The van der Waals surface area contributed by atoms with Gasteiger partial charge >= 0.3 is 5.97 Å². The Morgan fingerprint density at radius 3 is 2.39 bits per heavy atom. The highest BCUT2D eigenvalue weighted by Crippen LogP contribution is 2.45. The van der Waals surface area contributed by atoms with Crippen molar-refractivity contribution in [1.82, 2.24) is 10.2 Å². The van der Waals surface area contributed by atoms with Gasteiger partial charge in [-0.15, -0.1) is 0 Å². The number of β-lactam (4-membered cyclic amide) rings is 1. The normalized spacial score (nSPS) is 28.9. The molecule has 0 aliphatic carbocycles. The van der Waals surface area contributed by atoms with Crippen LogP contribution in [0.3, 0.4) is 0 Å². The molecule has 0 aromatic carbocycles. The quantitative estimate of drug-likeness (QED) is 0.661. The molecule has 130 valence electrons. The van der Waals surface area contributed by atoms with Gasteiger partial charge < -0.3 is 15.3 Å². The fraction of sp³-hybridized carbons (Fsp3) is 0.786. The van der Waals surface area contributed by atoms with Crippen LogP contribution in [0.2, 0.25) is 0 Å². The Morgan fingerprint density at radius 1 is 1.39 bits per heavy atom. The minimum absolute atomic E-state index is 0.0371. The third kappa shape index (κ3) is 2.60. The molecule has 2 saturated heterocycles. The monoisotopic (exact) mass is 346 g/mol. The molecule has 2 rings (SSSR count). The van der Waals surface area contributed by atoms with E-state index in [-0.39, 0.29) is 18.8 Å². The SMILES string of the molecule is CC(C)C[C@H](NC(=O)[C@@H]1N2C(=O)C[C@@H]2S(=O)(=O)C1(C)C)C(=O)O. The zero-order chi connectivity index (χ0) is 17.7. The summed E-state index contributed by atoms with van der Waals surface area (Å²) in [5.41, 5.74) is 0. The molecule has 9 heteroatoms. The van der Waals surface area contributed by atoms with Crippen LogP contribution in [0.4, 0.5) is 0 Å². The first-order valence-corrected chi connectivity index (χ1v) is 9.03. The maximum atomic E-state index is 12.5. The van der Waals surface area contributed by atoms with Crippen molar-refractivity contribution in [3.8, 4) is 0 Å². The van der Waals surface area contributed by atoms with E-state index >= 15 is 0 Å². The van der Waals surface area contributed by atoms with Gasteiger partial charge in [0.05, 0.1) is 11.2 Å². The molecule has 2 amide bonds. The van der Waals surface area contributed by atoms with Crippen LogP contribution < -0.4 is 5.32 Å². The van der Waals surface area contributed by atoms with Crippen LogP contribution >= 0.6 is 0 Å². The number of fused-ring (bicyclic) bond motifs is 1. The molecule has 3 atom stereocenters. The Morgan fingerprint density at radius 2 is 1.96 bits per heavy atom. The van der Waals surface area contributed by atoms with Crippen molar-refractivity contribution in [1.29, 1.82) is 0 Å². The summed E-state index contributed by atoms with van der Waals surface area (Å²) in [6.45, 7) is 6.44. The Labute approximate surface area is 135 Å². The van der Waals surface area contributed by atoms with E-state index in [1.54, 1.807) is 0 Å². The standard InChI is InChI=1S/C14H22N2O6S/c1-7(2)5-8(13(19)20)15-12(18)11-14(3,4)23(21,22)10-6-9(17)16(10)11/h7-8,10-11H,5-6H2,1-4H3,(H,15,18)(H,19,20)/t8-,10-,11-/m0/s1. The van der Waals surface area contributed by atoms with E-state index in [0.717, 1.165) is 4.90 Å². The second-order valence-corrected chi connectivity index (χ2v) is 9.73. The summed E-state index contributed by atoms with van der Waals surface area (Å²) in [7, 11) is -3.67. The Balaban J connectivity index is 2.27. The van der Waals surface area contributed by atoms with Crippen LogP contribution in [0.1, 0.15) is 40.5 Å². The number of amides is 2. The van der Waals surface area contributed by atoms with Gasteiger partial charge in [0.15, 0.2) is 9.84 Å². The fourth-order valence-electron chi connectivity index (χ4n) is 3.20. The van der Waals surface area contributed by atoms with Crippen molar-refractivity contribution in [3.05, 3.63) is 0 Å². The average Bonchev–Trinajstić information content (AvgIpc) is 2.51. The second-order valence-electron chi connectivity index (χ2n) is 7.04. The number of sulfone groups is 1. The summed E-state index contributed by atoms with van der Waals surface area (Å²) >= 11 is 0. The largest absolute Gasteiger partial charge is 0.480 e. The highest BCUT2D eigenvalue weighted by molar-refractivity contribution is 7.93. The van der Waals surface area contributed by atoms with Crippen LogP contribution in [-0.2, 0) is 24.2 Å². The van der Waals surface area contributed by atoms with E-state index in [1.165, 1.54) is 13.8 Å². The number of nitrogens with zero attached hydrogens (tertiary/aromatic N) is 1. The van der Waals surface area contributed by atoms with Crippen molar-refractivity contribution >= 4 is 27.6 Å². The minimum atomic E-state index is -3.67. The molecule has 8 nitrogen and oxygen atoms in total. The van der Waals surface area contributed by atoms with Gasteiger partial charge in [-0.25, -0.2) is 13.2 Å². The van der Waals surface area contributed by atoms with E-state index in [0.29, 0.717) is 0 Å². The minimum Gasteiger partial charge on any atom is -0.480 e. The van der Waals surface area contributed by atoms with Crippen molar-refractivity contribution in [3.63, 3.8) is 0 Å². The zero-order valence-electron chi connectivity index (χ0n) is 13.6. The maximum Gasteiger partial charge on any atom is 0.326 e. The number of hydrogen-bond donors (Lipinski definition) is 2. The highest BCUT2D eigenvalue weighted by atomic mass is 32.2. The number of aliphatic carboxylic acids is 1. The van der Waals surface area contributed by atoms with Gasteiger partial charge in [0.1, 0.15) is 17.5 Å². The molecule has 0 spiro atoms. The molecule has 2 N–H and O–H groups in total. The average molecular weight is 346 g/mol. The fourth-order valence-corrected chi connectivity index (χ4v) is 5.33. The number of carboxylic acid groups (broad SMARTS) is 1. The lowest BCUT2D eigenvalue weighted by Crippen LogP contribution is -2.61. The topological polar surface area (TPSA) is 121 Å². The van der Waals surface area contributed by atoms with Gasteiger partial charge in [0, 0.05) is 0 Å². The third-order valence-electron chi connectivity index (χ3n) is 4.55. The molecule has 0 radical (unpaired) electrons. The molecular weight excluding hydrogens is 324 g/mol. The van der Waals surface area contributed by atoms with Gasteiger partial charge in [-0.05, 0) is 26.2 Å². The Hall–Kier alpha value is -1.64. The molecule has 2 aliphatic rings. The lowest BCUT2D eigenvalue weighted by molar-refractivity contribution is -0.151. The number of nitrogens with one attached hydrogen (secondary N) is 1. The number of carboxylic acids is 1. The summed E-state index contributed by atoms with van der Waals surface area (Å²) in [6.07, 6.45) is 0.0994. The van der Waals surface area contributed by atoms with E-state index in [2.05, 4.69) is 5.32 Å². The maximum absolute atomic E-state index is 12.5. The van der Waals surface area contributed by atoms with Gasteiger partial charge in [-0.1, -0.05) is 13.8 Å². The van der Waals surface area contributed by atoms with Crippen LogP contribution in [0, 0.1) is 5.92 Å². The van der Waals surface area contributed by atoms with E-state index in [4.69, 9.17) is 0 Å². The smallest absolute Gasteiger partial charge is 0.326 e. The molecule has 2 fully saturated rings. The first kappa shape index (κ1) is 17.7. The van der Waals surface area contributed by atoms with Crippen LogP contribution in [-0.4, -0.2) is 58.4 Å². The van der Waals surface area contributed by atoms with Crippen LogP contribution in [0.25, 0.3) is 0 Å². The summed E-state index contributed by atoms with van der Waals surface area (Å²) in [5, 5.41) is 10.6. The molecule has 0 aromatic rings. The lowest BCUT2D eigenvalue weighted by atomic mass is 9.96. The van der Waals surface area contributed by atoms with Gasteiger partial charge in [0.2, 0.25) is 11.8 Å². The number of carbonyl (C=O) groups excluding carboxylic acids is 2. The molecule has 0 bridgehead atoms. The van der Waals surface area contributed by atoms with E-state index < -0.39 is 49.8 Å². The Bertz CT molecular complexity index is 654. The van der Waals surface area contributed by atoms with Crippen LogP contribution in [0.5, 0.6) is 0 Å². The number of rotatable bonds is 5. The summed E-state index contributed by atoms with van der Waals surface area (Å²) in [6, 6.07) is -2.32. The van der Waals surface area contributed by atoms with E-state index in [9.17, 15) is 27.9 Å². The molecule has 0 aromatic heterocycles. The summed E-state index contributed by atoms with van der Waals surface area (Å²) in [4.78, 5) is 36.7. The van der Waals surface area contributed by atoms with Crippen molar-refractivity contribution < 1.29 is 27.9 Å². The highest BCUT2D eigenvalue weighted by Gasteiger charge is 2.67. The molecule has 0 saturated carbocycles. The van der Waals surface area contributed by atoms with Crippen molar-refractivity contribution in [2.45, 2.75) is 62.7 Å². The molecule has 2 heterocycles. The van der Waals surface area contributed by atoms with Crippen LogP contribution in [0.15, 0.2) is 0 Å². The molecule has 0 unspecified atom stereocenters. The number of hydrogen-bond acceptors (Lipinski definition) is 5.